The molecule has 15 heavy (non-hydrogen) atoms. The van der Waals surface area contributed by atoms with Crippen molar-refractivity contribution >= 4 is 5.91 Å². The molecule has 0 rings (SSSR count). The smallest absolute Gasteiger partial charge is 0.243 e. The summed E-state index contributed by atoms with van der Waals surface area (Å²) in [7, 11) is 0. The van der Waals surface area contributed by atoms with Crippen molar-refractivity contribution in [1.82, 2.24) is 10.2 Å². The second-order valence-corrected chi connectivity index (χ2v) is 3.04. The van der Waals surface area contributed by atoms with Crippen LogP contribution in [0.3, 0.4) is 0 Å². The van der Waals surface area contributed by atoms with E-state index in [4.69, 9.17) is 0 Å². The number of amides is 1. The van der Waals surface area contributed by atoms with E-state index in [0.29, 0.717) is 0 Å². The van der Waals surface area contributed by atoms with Crippen LogP contribution in [0.25, 0.3) is 0 Å². The maximum atomic E-state index is 10.8. The molecule has 0 unspecified atom stereocenters. The van der Waals surface area contributed by atoms with Crippen molar-refractivity contribution in [3.05, 3.63) is 44.5 Å². The number of hydrogen-bond donors (Lipinski definition) is 1. The lowest BCUT2D eigenvalue weighted by molar-refractivity contribution is -0.115. The van der Waals surface area contributed by atoms with E-state index in [-0.39, 0.29) is 5.91 Å². The number of rotatable bonds is 9. The quantitative estimate of drug-likeness (QED) is 0.353. The van der Waals surface area contributed by atoms with Gasteiger partial charge in [-0.3, -0.25) is 9.69 Å². The summed E-state index contributed by atoms with van der Waals surface area (Å²) in [6.45, 7) is 15.0. The van der Waals surface area contributed by atoms with Gasteiger partial charge in [0.05, 0.1) is 6.54 Å². The number of carbonyl (C=O) groups is 1. The lowest BCUT2D eigenvalue weighted by Gasteiger charge is -2.18. The molecule has 0 fully saturated rings. The lowest BCUT2D eigenvalue weighted by Crippen LogP contribution is -2.27. The van der Waals surface area contributed by atoms with Gasteiger partial charge in [-0.1, -0.05) is 18.7 Å². The SMILES string of the molecule is C=CCN(CC=C)CC[CH]NC(=O)C=C. The topological polar surface area (TPSA) is 32.3 Å². The van der Waals surface area contributed by atoms with E-state index in [1.54, 1.807) is 6.54 Å². The van der Waals surface area contributed by atoms with Crippen LogP contribution in [0.15, 0.2) is 38.0 Å². The van der Waals surface area contributed by atoms with Crippen molar-refractivity contribution in [1.29, 1.82) is 0 Å². The van der Waals surface area contributed by atoms with Crippen LogP contribution in [0.4, 0.5) is 0 Å². The summed E-state index contributed by atoms with van der Waals surface area (Å²) in [6.07, 6.45) is 5.75. The summed E-state index contributed by atoms with van der Waals surface area (Å²) in [4.78, 5) is 13.0. The van der Waals surface area contributed by atoms with Gasteiger partial charge >= 0.3 is 0 Å². The highest BCUT2D eigenvalue weighted by Gasteiger charge is 2.00. The molecule has 0 aliphatic rings. The minimum absolute atomic E-state index is 0.172. The molecule has 3 heteroatoms. The Bertz CT molecular complexity index is 214. The Labute approximate surface area is 92.2 Å². The molecular weight excluding hydrogens is 188 g/mol. The first-order valence-corrected chi connectivity index (χ1v) is 4.93. The van der Waals surface area contributed by atoms with Gasteiger partial charge in [-0.25, -0.2) is 0 Å². The van der Waals surface area contributed by atoms with E-state index in [9.17, 15) is 4.79 Å². The first-order valence-electron chi connectivity index (χ1n) is 4.93. The monoisotopic (exact) mass is 207 g/mol. The third-order valence-corrected chi connectivity index (χ3v) is 1.79. The second kappa shape index (κ2) is 9.21. The summed E-state index contributed by atoms with van der Waals surface area (Å²) in [5, 5.41) is 2.61. The van der Waals surface area contributed by atoms with Crippen molar-refractivity contribution in [2.75, 3.05) is 19.6 Å². The number of nitrogens with zero attached hydrogens (tertiary/aromatic N) is 1. The van der Waals surface area contributed by atoms with Gasteiger partial charge in [0, 0.05) is 19.6 Å². The molecule has 0 saturated carbocycles. The predicted molar refractivity (Wildman–Crippen MR) is 64.1 cm³/mol. The van der Waals surface area contributed by atoms with Gasteiger partial charge in [-0.15, -0.1) is 13.2 Å². The largest absolute Gasteiger partial charge is 0.348 e. The average Bonchev–Trinajstić information content (AvgIpc) is 2.24. The van der Waals surface area contributed by atoms with Crippen molar-refractivity contribution in [3.63, 3.8) is 0 Å². The van der Waals surface area contributed by atoms with Gasteiger partial charge in [0.2, 0.25) is 5.91 Å². The number of nitrogens with one attached hydrogen (secondary N) is 1. The molecule has 0 saturated heterocycles. The molecule has 0 aliphatic carbocycles. The van der Waals surface area contributed by atoms with E-state index in [1.165, 1.54) is 6.08 Å². The van der Waals surface area contributed by atoms with Crippen LogP contribution >= 0.6 is 0 Å². The molecule has 0 atom stereocenters. The molecule has 0 aliphatic heterocycles. The van der Waals surface area contributed by atoms with Crippen molar-refractivity contribution < 1.29 is 4.79 Å². The second-order valence-electron chi connectivity index (χ2n) is 3.04. The molecule has 1 radical (unpaired) electrons. The number of carbonyl (C=O) groups excluding carboxylic acids is 1. The van der Waals surface area contributed by atoms with E-state index < -0.39 is 0 Å². The van der Waals surface area contributed by atoms with E-state index >= 15 is 0 Å². The van der Waals surface area contributed by atoms with Crippen molar-refractivity contribution in [2.24, 2.45) is 0 Å². The Kier molecular flexibility index (Phi) is 8.39. The summed E-state index contributed by atoms with van der Waals surface area (Å²) in [5.74, 6) is -0.172. The average molecular weight is 207 g/mol. The zero-order chi connectivity index (χ0) is 11.5. The molecule has 0 heterocycles. The maximum Gasteiger partial charge on any atom is 0.243 e. The van der Waals surface area contributed by atoms with Crippen LogP contribution in [-0.2, 0) is 4.79 Å². The Balaban J connectivity index is 3.60. The highest BCUT2D eigenvalue weighted by atomic mass is 16.1. The van der Waals surface area contributed by atoms with Crippen LogP contribution in [0.1, 0.15) is 6.42 Å². The minimum Gasteiger partial charge on any atom is -0.348 e. The molecule has 0 aromatic carbocycles. The molecule has 3 nitrogen and oxygen atoms in total. The third-order valence-electron chi connectivity index (χ3n) is 1.79. The van der Waals surface area contributed by atoms with Crippen molar-refractivity contribution in [3.8, 4) is 0 Å². The van der Waals surface area contributed by atoms with Gasteiger partial charge in [0.25, 0.3) is 0 Å². The predicted octanol–water partition coefficient (Wildman–Crippen LogP) is 1.51. The molecule has 0 aromatic heterocycles. The van der Waals surface area contributed by atoms with Gasteiger partial charge in [-0.2, -0.15) is 0 Å². The van der Waals surface area contributed by atoms with Gasteiger partial charge in [-0.05, 0) is 12.5 Å². The van der Waals surface area contributed by atoms with Crippen molar-refractivity contribution in [2.45, 2.75) is 6.42 Å². The molecule has 83 valence electrons. The first kappa shape index (κ1) is 13.7. The van der Waals surface area contributed by atoms with E-state index in [2.05, 4.69) is 30.0 Å². The number of hydrogen-bond acceptors (Lipinski definition) is 2. The Morgan fingerprint density at radius 1 is 1.20 bits per heavy atom. The van der Waals surface area contributed by atoms with E-state index in [0.717, 1.165) is 26.1 Å². The van der Waals surface area contributed by atoms with Crippen LogP contribution in [-0.4, -0.2) is 30.4 Å². The molecule has 0 aromatic rings. The zero-order valence-electron chi connectivity index (χ0n) is 9.11. The fourth-order valence-corrected chi connectivity index (χ4v) is 1.10. The summed E-state index contributed by atoms with van der Waals surface area (Å²) >= 11 is 0. The highest BCUT2D eigenvalue weighted by Crippen LogP contribution is 1.93. The molecular formula is C12H19N2O. The Hall–Kier alpha value is -1.35. The Morgan fingerprint density at radius 2 is 1.80 bits per heavy atom. The van der Waals surface area contributed by atoms with Crippen LogP contribution in [0.5, 0.6) is 0 Å². The molecule has 0 bridgehead atoms. The zero-order valence-corrected chi connectivity index (χ0v) is 9.11. The molecule has 1 N–H and O–H groups in total. The lowest BCUT2D eigenvalue weighted by atomic mass is 10.3. The van der Waals surface area contributed by atoms with E-state index in [1.807, 2.05) is 12.2 Å². The minimum atomic E-state index is -0.172. The van der Waals surface area contributed by atoms with Gasteiger partial charge in [0.15, 0.2) is 0 Å². The fraction of sp³-hybridized carbons (Fsp3) is 0.333. The summed E-state index contributed by atoms with van der Waals surface area (Å²) in [6, 6.07) is 0. The normalized spacial score (nSPS) is 9.67. The highest BCUT2D eigenvalue weighted by molar-refractivity contribution is 5.87. The molecule has 0 spiro atoms. The Morgan fingerprint density at radius 3 is 2.27 bits per heavy atom. The van der Waals surface area contributed by atoms with Crippen LogP contribution in [0, 0.1) is 6.54 Å². The molecule has 1 amide bonds. The van der Waals surface area contributed by atoms with Crippen LogP contribution < -0.4 is 5.32 Å². The van der Waals surface area contributed by atoms with Gasteiger partial charge in [0.1, 0.15) is 0 Å². The standard InChI is InChI=1S/C12H19N2O/c1-4-9-14(10-5-2)11-7-8-13-12(15)6-3/h4-6,8H,1-3,7,9-11H2,(H,13,15). The van der Waals surface area contributed by atoms with Gasteiger partial charge < -0.3 is 5.32 Å². The first-order chi connectivity index (χ1) is 7.24. The maximum absolute atomic E-state index is 10.8. The van der Waals surface area contributed by atoms with Crippen LogP contribution in [0.2, 0.25) is 0 Å². The third kappa shape index (κ3) is 7.70. The summed E-state index contributed by atoms with van der Waals surface area (Å²) in [5.41, 5.74) is 0. The summed E-state index contributed by atoms with van der Waals surface area (Å²) < 4.78 is 0. The fourth-order valence-electron chi connectivity index (χ4n) is 1.10.